The third kappa shape index (κ3) is 7.43. The second-order valence-corrected chi connectivity index (χ2v) is 6.21. The Morgan fingerprint density at radius 3 is 2.13 bits per heavy atom. The van der Waals surface area contributed by atoms with Gasteiger partial charge in [0.25, 0.3) is 0 Å². The highest BCUT2D eigenvalue weighted by Crippen LogP contribution is 2.34. The van der Waals surface area contributed by atoms with E-state index in [9.17, 15) is 4.39 Å². The number of rotatable bonds is 9. The number of nitrogens with zero attached hydrogens (tertiary/aromatic N) is 1. The van der Waals surface area contributed by atoms with Gasteiger partial charge in [0.05, 0.1) is 27.9 Å². The summed E-state index contributed by atoms with van der Waals surface area (Å²) in [7, 11) is 6.46. The van der Waals surface area contributed by atoms with E-state index in [2.05, 4.69) is 15.6 Å². The van der Waals surface area contributed by atoms with Gasteiger partial charge in [0, 0.05) is 25.2 Å². The largest absolute Gasteiger partial charge is 0.496 e. The number of hydrogen-bond donors (Lipinski definition) is 2. The van der Waals surface area contributed by atoms with E-state index in [0.717, 1.165) is 5.56 Å². The van der Waals surface area contributed by atoms with Gasteiger partial charge in [0.2, 0.25) is 0 Å². The maximum absolute atomic E-state index is 13.0. The quantitative estimate of drug-likeness (QED) is 0.292. The lowest BCUT2D eigenvalue weighted by Crippen LogP contribution is -2.41. The third-order valence-corrected chi connectivity index (χ3v) is 4.16. The zero-order chi connectivity index (χ0) is 21.2. The van der Waals surface area contributed by atoms with E-state index in [-0.39, 0.29) is 35.9 Å². The average molecular weight is 533 g/mol. The standard InChI is InChI=1S/C21H28FN3O4.HI/c1-14(29-17-8-6-16(22)7-9-17)12-24-21(23-2)25-13-15-10-19(27-4)20(28-5)11-18(15)26-3;/h6-11,14H,12-13H2,1-5H3,(H2,23,24,25);1H. The molecule has 2 aromatic rings. The van der Waals surface area contributed by atoms with Gasteiger partial charge in [-0.05, 0) is 37.3 Å². The van der Waals surface area contributed by atoms with E-state index >= 15 is 0 Å². The molecule has 0 fully saturated rings. The van der Waals surface area contributed by atoms with Gasteiger partial charge in [0.15, 0.2) is 17.5 Å². The lowest BCUT2D eigenvalue weighted by atomic mass is 10.1. The first-order valence-electron chi connectivity index (χ1n) is 9.16. The molecule has 0 saturated heterocycles. The summed E-state index contributed by atoms with van der Waals surface area (Å²) in [4.78, 5) is 4.22. The topological polar surface area (TPSA) is 73.3 Å². The normalized spacial score (nSPS) is 11.7. The van der Waals surface area contributed by atoms with Gasteiger partial charge in [-0.25, -0.2) is 4.39 Å². The molecule has 0 bridgehead atoms. The lowest BCUT2D eigenvalue weighted by molar-refractivity contribution is 0.223. The second-order valence-electron chi connectivity index (χ2n) is 6.21. The van der Waals surface area contributed by atoms with Gasteiger partial charge < -0.3 is 29.6 Å². The molecule has 9 heteroatoms. The van der Waals surface area contributed by atoms with Crippen LogP contribution in [0.25, 0.3) is 0 Å². The van der Waals surface area contributed by atoms with Crippen molar-refractivity contribution in [3.05, 3.63) is 47.8 Å². The fourth-order valence-corrected chi connectivity index (χ4v) is 2.66. The van der Waals surface area contributed by atoms with Crippen LogP contribution in [-0.2, 0) is 6.54 Å². The summed E-state index contributed by atoms with van der Waals surface area (Å²) in [5.41, 5.74) is 0.892. The number of benzene rings is 2. The lowest BCUT2D eigenvalue weighted by Gasteiger charge is -2.19. The summed E-state index contributed by atoms with van der Waals surface area (Å²) >= 11 is 0. The van der Waals surface area contributed by atoms with Crippen LogP contribution < -0.4 is 29.6 Å². The van der Waals surface area contributed by atoms with Crippen LogP contribution in [0.3, 0.4) is 0 Å². The molecule has 2 rings (SSSR count). The first kappa shape index (κ1) is 25.6. The van der Waals surface area contributed by atoms with E-state index in [1.54, 1.807) is 46.6 Å². The van der Waals surface area contributed by atoms with Crippen molar-refractivity contribution in [2.75, 3.05) is 34.9 Å². The molecule has 0 aromatic heterocycles. The van der Waals surface area contributed by atoms with Crippen LogP contribution in [0.5, 0.6) is 23.0 Å². The number of methoxy groups -OCH3 is 3. The highest BCUT2D eigenvalue weighted by Gasteiger charge is 2.13. The summed E-state index contributed by atoms with van der Waals surface area (Å²) < 4.78 is 34.8. The Morgan fingerprint density at radius 2 is 1.57 bits per heavy atom. The van der Waals surface area contributed by atoms with Gasteiger partial charge in [-0.1, -0.05) is 0 Å². The maximum atomic E-state index is 13.0. The van der Waals surface area contributed by atoms with Crippen LogP contribution in [-0.4, -0.2) is 47.0 Å². The van der Waals surface area contributed by atoms with Crippen molar-refractivity contribution in [2.24, 2.45) is 4.99 Å². The number of halogens is 2. The maximum Gasteiger partial charge on any atom is 0.191 e. The first-order valence-corrected chi connectivity index (χ1v) is 9.16. The summed E-state index contributed by atoms with van der Waals surface area (Å²) in [5.74, 6) is 2.82. The highest BCUT2D eigenvalue weighted by atomic mass is 127. The molecule has 2 N–H and O–H groups in total. The molecule has 30 heavy (non-hydrogen) atoms. The van der Waals surface area contributed by atoms with E-state index in [1.165, 1.54) is 12.1 Å². The average Bonchev–Trinajstić information content (AvgIpc) is 2.74. The summed E-state index contributed by atoms with van der Waals surface area (Å²) in [5, 5.41) is 6.44. The van der Waals surface area contributed by atoms with Crippen molar-refractivity contribution in [1.29, 1.82) is 0 Å². The number of nitrogens with one attached hydrogen (secondary N) is 2. The summed E-state index contributed by atoms with van der Waals surface area (Å²) in [6.45, 7) is 2.90. The molecule has 166 valence electrons. The second kappa shape index (κ2) is 13.0. The molecule has 7 nitrogen and oxygen atoms in total. The molecular formula is C21H29FIN3O4. The number of hydrogen-bond acceptors (Lipinski definition) is 5. The van der Waals surface area contributed by atoms with E-state index in [1.807, 2.05) is 13.0 Å². The number of aliphatic imine (C=N–C) groups is 1. The van der Waals surface area contributed by atoms with Crippen molar-refractivity contribution in [1.82, 2.24) is 10.6 Å². The zero-order valence-electron chi connectivity index (χ0n) is 17.8. The molecule has 1 unspecified atom stereocenters. The van der Waals surface area contributed by atoms with E-state index < -0.39 is 0 Å². The Balaban J connectivity index is 0.00000450. The molecule has 0 aliphatic heterocycles. The predicted molar refractivity (Wildman–Crippen MR) is 126 cm³/mol. The van der Waals surface area contributed by atoms with E-state index in [0.29, 0.717) is 42.0 Å². The Kier molecular flexibility index (Phi) is 11.1. The molecule has 0 saturated carbocycles. The number of ether oxygens (including phenoxy) is 4. The molecule has 1 atom stereocenters. The van der Waals surface area contributed by atoms with Crippen LogP contribution >= 0.6 is 24.0 Å². The van der Waals surface area contributed by atoms with Crippen LogP contribution in [0, 0.1) is 5.82 Å². The predicted octanol–water partition coefficient (Wildman–Crippen LogP) is 3.60. The van der Waals surface area contributed by atoms with Crippen LogP contribution in [0.4, 0.5) is 4.39 Å². The highest BCUT2D eigenvalue weighted by molar-refractivity contribution is 14.0. The summed E-state index contributed by atoms with van der Waals surface area (Å²) in [6, 6.07) is 9.58. The smallest absolute Gasteiger partial charge is 0.191 e. The Morgan fingerprint density at radius 1 is 0.967 bits per heavy atom. The minimum absolute atomic E-state index is 0. The molecule has 0 heterocycles. The Labute approximate surface area is 194 Å². The minimum atomic E-state index is -0.293. The van der Waals surface area contributed by atoms with Crippen LogP contribution in [0.2, 0.25) is 0 Å². The third-order valence-electron chi connectivity index (χ3n) is 4.16. The Bertz CT molecular complexity index is 819. The molecule has 0 spiro atoms. The van der Waals surface area contributed by atoms with Gasteiger partial charge in [-0.2, -0.15) is 0 Å². The van der Waals surface area contributed by atoms with Crippen molar-refractivity contribution in [3.63, 3.8) is 0 Å². The van der Waals surface area contributed by atoms with E-state index in [4.69, 9.17) is 18.9 Å². The fourth-order valence-electron chi connectivity index (χ4n) is 2.66. The Hall–Kier alpha value is -2.43. The minimum Gasteiger partial charge on any atom is -0.496 e. The molecule has 2 aromatic carbocycles. The molecule has 0 amide bonds. The monoisotopic (exact) mass is 533 g/mol. The van der Waals surface area contributed by atoms with Gasteiger partial charge in [0.1, 0.15) is 23.4 Å². The van der Waals surface area contributed by atoms with Crippen LogP contribution in [0.1, 0.15) is 12.5 Å². The molecule has 0 aliphatic rings. The van der Waals surface area contributed by atoms with Crippen molar-refractivity contribution < 1.29 is 23.3 Å². The first-order chi connectivity index (χ1) is 14.0. The van der Waals surface area contributed by atoms with Crippen LogP contribution in [0.15, 0.2) is 41.4 Å². The molecule has 0 aliphatic carbocycles. The van der Waals surface area contributed by atoms with Crippen molar-refractivity contribution in [2.45, 2.75) is 19.6 Å². The summed E-state index contributed by atoms with van der Waals surface area (Å²) in [6.07, 6.45) is -0.144. The molecule has 0 radical (unpaired) electrons. The fraction of sp³-hybridized carbons (Fsp3) is 0.381. The SMILES string of the molecule is CN=C(NCc1cc(OC)c(OC)cc1OC)NCC(C)Oc1ccc(F)cc1.I. The van der Waals surface area contributed by atoms with Crippen molar-refractivity contribution >= 4 is 29.9 Å². The van der Waals surface area contributed by atoms with Crippen molar-refractivity contribution in [3.8, 4) is 23.0 Å². The van der Waals surface area contributed by atoms with Gasteiger partial charge in [-0.3, -0.25) is 4.99 Å². The zero-order valence-corrected chi connectivity index (χ0v) is 20.2. The van der Waals surface area contributed by atoms with Gasteiger partial charge >= 0.3 is 0 Å². The van der Waals surface area contributed by atoms with Gasteiger partial charge in [-0.15, -0.1) is 24.0 Å². The number of guanidine groups is 1. The molecular weight excluding hydrogens is 504 g/mol.